The minimum Gasteiger partial charge on any atom is -0.456 e. The number of hydrogen-bond acceptors (Lipinski definition) is 4. The number of benzene rings is 7. The highest BCUT2D eigenvalue weighted by Crippen LogP contribution is 2.41. The molecule has 0 saturated carbocycles. The summed E-state index contributed by atoms with van der Waals surface area (Å²) in [5.41, 5.74) is 3.22. The van der Waals surface area contributed by atoms with E-state index in [1.165, 1.54) is 0 Å². The molecule has 10 aromatic rings. The maximum Gasteiger partial charge on any atom is 0.164 e. The van der Waals surface area contributed by atoms with E-state index in [-0.39, 0.29) is 28.6 Å². The van der Waals surface area contributed by atoms with Gasteiger partial charge in [-0.2, -0.15) is 0 Å². The lowest BCUT2D eigenvalue weighted by molar-refractivity contribution is 0.668. The van der Waals surface area contributed by atoms with Crippen LogP contribution in [-0.4, -0.2) is 19.5 Å². The lowest BCUT2D eigenvalue weighted by Gasteiger charge is -2.13. The number of aromatic nitrogens is 4. The van der Waals surface area contributed by atoms with Gasteiger partial charge in [0.2, 0.25) is 0 Å². The van der Waals surface area contributed by atoms with Crippen molar-refractivity contribution in [3.05, 3.63) is 157 Å². The van der Waals surface area contributed by atoms with Crippen LogP contribution in [0, 0.1) is 0 Å². The van der Waals surface area contributed by atoms with Crippen LogP contribution in [0.2, 0.25) is 0 Å². The topological polar surface area (TPSA) is 56.7 Å². The van der Waals surface area contributed by atoms with Gasteiger partial charge in [0.05, 0.1) is 30.4 Å². The molecule has 0 atom stereocenters. The molecule has 224 valence electrons. The zero-order valence-electron chi connectivity index (χ0n) is 34.9. The minimum absolute atomic E-state index is 0.0526. The van der Waals surface area contributed by atoms with Gasteiger partial charge in [0.25, 0.3) is 0 Å². The lowest BCUT2D eigenvalue weighted by atomic mass is 10.0. The highest BCUT2D eigenvalue weighted by Gasteiger charge is 2.21. The lowest BCUT2D eigenvalue weighted by Crippen LogP contribution is -2.01. The van der Waals surface area contributed by atoms with Gasteiger partial charge in [-0.1, -0.05) is 121 Å². The number of hydrogen-bond donors (Lipinski definition) is 0. The molecule has 0 aliphatic rings. The van der Waals surface area contributed by atoms with Crippen LogP contribution < -0.4 is 0 Å². The summed E-state index contributed by atoms with van der Waals surface area (Å²) in [6.07, 6.45) is 0. The van der Waals surface area contributed by atoms with Crippen molar-refractivity contribution in [1.82, 2.24) is 19.5 Å². The second-order valence-corrected chi connectivity index (χ2v) is 11.3. The molecule has 10 rings (SSSR count). The average molecular weight is 625 g/mol. The SMILES string of the molecule is [2H]c1c([2H])c([2H])c(-c2nc(-c3c([2H])c([2H])c([2H])c([2H])c3[2H])nc(-c3cc(-n4c5ccccc5c5cc6ccccc6cc54)cc4oc5ccccc5c34)n2)c([2H])c1[2H]. The quantitative estimate of drug-likeness (QED) is 0.195. The van der Waals surface area contributed by atoms with Gasteiger partial charge in [0, 0.05) is 44.3 Å². The third-order valence-electron chi connectivity index (χ3n) is 8.59. The van der Waals surface area contributed by atoms with Crippen molar-refractivity contribution in [1.29, 1.82) is 0 Å². The Kier molecular flexibility index (Phi) is 4.04. The van der Waals surface area contributed by atoms with Crippen molar-refractivity contribution in [2.45, 2.75) is 0 Å². The molecule has 48 heavy (non-hydrogen) atoms. The molecule has 5 nitrogen and oxygen atoms in total. The third kappa shape index (κ3) is 4.15. The number of fused-ring (bicyclic) bond motifs is 7. The Bertz CT molecular complexity index is 3290. The average Bonchev–Trinajstić information content (AvgIpc) is 3.77. The standard InChI is InChI=1S/C43H26N4O/c1-3-13-27(14-4-1)41-44-42(28-15-5-2-6-16-28)46-43(45-41)35-25-31(26-39-40(35)33-20-10-12-22-38(33)48-39)47-36-21-11-9-19-32(36)34-23-29-17-7-8-18-30(29)24-37(34)47/h1-26H/i1D,2D,3D,4D,5D,6D,13D,14D,15D,16D. The van der Waals surface area contributed by atoms with Gasteiger partial charge in [-0.15, -0.1) is 0 Å². The van der Waals surface area contributed by atoms with Crippen LogP contribution in [0.25, 0.3) is 94.4 Å². The number of rotatable bonds is 4. The summed E-state index contributed by atoms with van der Waals surface area (Å²) in [7, 11) is 0. The molecule has 0 saturated heterocycles. The zero-order chi connectivity index (χ0) is 40.3. The minimum atomic E-state index is -0.619. The third-order valence-corrected chi connectivity index (χ3v) is 8.59. The Morgan fingerprint density at radius 3 is 1.83 bits per heavy atom. The second-order valence-electron chi connectivity index (χ2n) is 11.3. The molecule has 0 bridgehead atoms. The molecule has 0 radical (unpaired) electrons. The Balaban J connectivity index is 1.36. The van der Waals surface area contributed by atoms with E-state index in [4.69, 9.17) is 28.1 Å². The smallest absolute Gasteiger partial charge is 0.164 e. The molecule has 0 aliphatic carbocycles. The summed E-state index contributed by atoms with van der Waals surface area (Å²) in [6, 6.07) is 25.6. The summed E-state index contributed by atoms with van der Waals surface area (Å²) in [4.78, 5) is 14.1. The van der Waals surface area contributed by atoms with Crippen LogP contribution in [0.5, 0.6) is 0 Å². The van der Waals surface area contributed by atoms with Gasteiger partial charge in [-0.25, -0.2) is 15.0 Å². The van der Waals surface area contributed by atoms with E-state index in [1.807, 2.05) is 66.7 Å². The van der Waals surface area contributed by atoms with Gasteiger partial charge in [-0.3, -0.25) is 0 Å². The molecule has 7 aromatic carbocycles. The summed E-state index contributed by atoms with van der Waals surface area (Å²) in [5.74, 6) is -0.750. The molecule has 0 unspecified atom stereocenters. The monoisotopic (exact) mass is 624 g/mol. The second kappa shape index (κ2) is 10.5. The Morgan fingerprint density at radius 2 is 1.10 bits per heavy atom. The first-order valence-electron chi connectivity index (χ1n) is 20.2. The maximum atomic E-state index is 8.81. The van der Waals surface area contributed by atoms with E-state index < -0.39 is 60.4 Å². The predicted octanol–water partition coefficient (Wildman–Crippen LogP) is 11.0. The first kappa shape index (κ1) is 18.5. The summed E-state index contributed by atoms with van der Waals surface area (Å²) in [6.45, 7) is 0. The van der Waals surface area contributed by atoms with Crippen molar-refractivity contribution >= 4 is 54.5 Å². The van der Waals surface area contributed by atoms with Crippen LogP contribution in [-0.2, 0) is 0 Å². The maximum absolute atomic E-state index is 8.81. The van der Waals surface area contributed by atoms with Gasteiger partial charge >= 0.3 is 0 Å². The summed E-state index contributed by atoms with van der Waals surface area (Å²) >= 11 is 0. The van der Waals surface area contributed by atoms with Crippen LogP contribution in [0.15, 0.2) is 162 Å². The van der Waals surface area contributed by atoms with Crippen LogP contribution >= 0.6 is 0 Å². The first-order valence-corrected chi connectivity index (χ1v) is 15.2. The van der Waals surface area contributed by atoms with Crippen molar-refractivity contribution in [2.24, 2.45) is 0 Å². The Morgan fingerprint density at radius 1 is 0.500 bits per heavy atom. The molecular weight excluding hydrogens is 589 g/mol. The highest BCUT2D eigenvalue weighted by molar-refractivity contribution is 6.15. The van der Waals surface area contributed by atoms with Gasteiger partial charge in [0.15, 0.2) is 17.5 Å². The van der Waals surface area contributed by atoms with Gasteiger partial charge in [0.1, 0.15) is 11.2 Å². The molecule has 3 heterocycles. The van der Waals surface area contributed by atoms with Crippen LogP contribution in [0.1, 0.15) is 13.7 Å². The van der Waals surface area contributed by atoms with Crippen molar-refractivity contribution in [3.63, 3.8) is 0 Å². The van der Waals surface area contributed by atoms with Crippen LogP contribution in [0.4, 0.5) is 0 Å². The molecule has 0 fully saturated rings. The van der Waals surface area contributed by atoms with E-state index in [1.54, 1.807) is 0 Å². The largest absolute Gasteiger partial charge is 0.456 e. The molecule has 5 heteroatoms. The van der Waals surface area contributed by atoms with Crippen molar-refractivity contribution in [2.75, 3.05) is 0 Å². The fourth-order valence-electron chi connectivity index (χ4n) is 6.52. The molecular formula is C43H26N4O. The van der Waals surface area contributed by atoms with E-state index >= 15 is 0 Å². The van der Waals surface area contributed by atoms with E-state index in [0.717, 1.165) is 32.6 Å². The normalized spacial score (nSPS) is 14.7. The molecule has 0 N–H and O–H groups in total. The number of para-hydroxylation sites is 2. The van der Waals surface area contributed by atoms with E-state index in [9.17, 15) is 0 Å². The summed E-state index contributed by atoms with van der Waals surface area (Å²) in [5, 5.41) is 5.46. The van der Waals surface area contributed by atoms with Gasteiger partial charge in [-0.05, 0) is 41.1 Å². The molecule has 0 spiro atoms. The van der Waals surface area contributed by atoms with E-state index in [0.29, 0.717) is 33.2 Å². The fourth-order valence-corrected chi connectivity index (χ4v) is 6.52. The highest BCUT2D eigenvalue weighted by atomic mass is 16.3. The van der Waals surface area contributed by atoms with Crippen molar-refractivity contribution < 1.29 is 18.1 Å². The fraction of sp³-hybridized carbons (Fsp3) is 0. The van der Waals surface area contributed by atoms with Crippen LogP contribution in [0.3, 0.4) is 0 Å². The number of nitrogens with zero attached hydrogens (tertiary/aromatic N) is 4. The summed E-state index contributed by atoms with van der Waals surface area (Å²) < 4.78 is 93.9. The van der Waals surface area contributed by atoms with Gasteiger partial charge < -0.3 is 8.98 Å². The Labute approximate surface area is 289 Å². The number of furan rings is 1. The molecule has 0 aliphatic heterocycles. The molecule has 0 amide bonds. The first-order chi connectivity index (χ1) is 27.9. The van der Waals surface area contributed by atoms with E-state index in [2.05, 4.69) is 39.9 Å². The zero-order valence-corrected chi connectivity index (χ0v) is 24.9. The predicted molar refractivity (Wildman–Crippen MR) is 195 cm³/mol. The molecule has 3 aromatic heterocycles. The Hall–Kier alpha value is -6.59. The van der Waals surface area contributed by atoms with Crippen molar-refractivity contribution in [3.8, 4) is 39.9 Å².